The van der Waals surface area contributed by atoms with E-state index in [0.717, 1.165) is 9.90 Å². The van der Waals surface area contributed by atoms with Crippen molar-refractivity contribution in [3.8, 4) is 6.07 Å². The Labute approximate surface area is 112 Å². The van der Waals surface area contributed by atoms with E-state index in [4.69, 9.17) is 11.0 Å². The van der Waals surface area contributed by atoms with Crippen LogP contribution in [0.25, 0.3) is 0 Å². The Kier molecular flexibility index (Phi) is 3.84. The molecule has 0 atom stereocenters. The zero-order chi connectivity index (χ0) is 13.1. The monoisotopic (exact) mass is 279 g/mol. The largest absolute Gasteiger partial charge is 0.375 e. The number of halogens is 1. The molecule has 0 aliphatic heterocycles. The van der Waals surface area contributed by atoms with Crippen LogP contribution in [0.5, 0.6) is 0 Å². The lowest BCUT2D eigenvalue weighted by Gasteiger charge is -2.03. The van der Waals surface area contributed by atoms with Crippen LogP contribution in [0.1, 0.15) is 16.8 Å². The molecule has 0 amide bonds. The summed E-state index contributed by atoms with van der Waals surface area (Å²) in [4.78, 5) is 4.12. The minimum Gasteiger partial charge on any atom is -0.375 e. The molecule has 0 radical (unpaired) electrons. The first kappa shape index (κ1) is 12.9. The van der Waals surface area contributed by atoms with Gasteiger partial charge in [0.1, 0.15) is 5.82 Å². The van der Waals surface area contributed by atoms with E-state index in [1.807, 2.05) is 6.92 Å². The zero-order valence-corrected chi connectivity index (χ0v) is 11.2. The van der Waals surface area contributed by atoms with E-state index >= 15 is 0 Å². The molecule has 1 aromatic carbocycles. The van der Waals surface area contributed by atoms with E-state index in [2.05, 4.69) is 11.1 Å². The van der Waals surface area contributed by atoms with Gasteiger partial charge in [-0.15, -0.1) is 11.8 Å². The Balaban J connectivity index is 2.18. The molecular weight excluding hydrogens is 269 g/mol. The number of nitrogen functional groups attached to an aromatic ring is 1. The van der Waals surface area contributed by atoms with Gasteiger partial charge in [-0.3, -0.25) is 0 Å². The lowest BCUT2D eigenvalue weighted by atomic mass is 10.1. The van der Waals surface area contributed by atoms with Crippen molar-refractivity contribution in [2.75, 3.05) is 5.73 Å². The quantitative estimate of drug-likeness (QED) is 0.875. The first-order valence-electron chi connectivity index (χ1n) is 5.14. The van der Waals surface area contributed by atoms with E-state index in [1.165, 1.54) is 41.3 Å². The van der Waals surface area contributed by atoms with Crippen molar-refractivity contribution in [2.24, 2.45) is 0 Å². The summed E-state index contributed by atoms with van der Waals surface area (Å²) >= 11 is 2.92. The number of aryl methyl sites for hydroxylation is 1. The molecule has 0 bridgehead atoms. The third-order valence-electron chi connectivity index (χ3n) is 2.32. The van der Waals surface area contributed by atoms with E-state index in [0.29, 0.717) is 22.0 Å². The molecule has 6 heteroatoms. The topological polar surface area (TPSA) is 62.7 Å². The van der Waals surface area contributed by atoms with Crippen molar-refractivity contribution in [1.29, 1.82) is 5.26 Å². The Morgan fingerprint density at radius 3 is 2.94 bits per heavy atom. The van der Waals surface area contributed by atoms with Crippen molar-refractivity contribution >= 4 is 28.2 Å². The molecule has 0 fully saturated rings. The number of hydrogen-bond acceptors (Lipinski definition) is 5. The van der Waals surface area contributed by atoms with Crippen LogP contribution < -0.4 is 5.73 Å². The highest BCUT2D eigenvalue weighted by Gasteiger charge is 2.09. The molecule has 92 valence electrons. The molecule has 0 aliphatic rings. The molecule has 0 saturated heterocycles. The van der Waals surface area contributed by atoms with Crippen LogP contribution in [0.15, 0.2) is 22.4 Å². The Morgan fingerprint density at radius 2 is 2.33 bits per heavy atom. The number of thiazole rings is 1. The molecule has 0 unspecified atom stereocenters. The van der Waals surface area contributed by atoms with Crippen LogP contribution in [0, 0.1) is 24.1 Å². The summed E-state index contributed by atoms with van der Waals surface area (Å²) in [6.07, 6.45) is 0. The lowest BCUT2D eigenvalue weighted by Crippen LogP contribution is -1.89. The molecule has 0 saturated carbocycles. The number of aromatic nitrogens is 1. The van der Waals surface area contributed by atoms with Crippen molar-refractivity contribution in [3.05, 3.63) is 40.8 Å². The third kappa shape index (κ3) is 2.81. The summed E-state index contributed by atoms with van der Waals surface area (Å²) in [7, 11) is 0. The maximum absolute atomic E-state index is 13.1. The van der Waals surface area contributed by atoms with Crippen LogP contribution in [0.2, 0.25) is 0 Å². The molecule has 1 aromatic heterocycles. The van der Waals surface area contributed by atoms with E-state index in [9.17, 15) is 4.39 Å². The maximum atomic E-state index is 13.1. The number of benzene rings is 1. The van der Waals surface area contributed by atoms with Gasteiger partial charge in [-0.1, -0.05) is 11.3 Å². The van der Waals surface area contributed by atoms with Crippen LogP contribution in [-0.2, 0) is 5.75 Å². The van der Waals surface area contributed by atoms with Gasteiger partial charge in [-0.2, -0.15) is 5.26 Å². The van der Waals surface area contributed by atoms with Crippen LogP contribution >= 0.6 is 23.1 Å². The fourth-order valence-electron chi connectivity index (χ4n) is 1.47. The smallest absolute Gasteiger partial charge is 0.181 e. The molecule has 18 heavy (non-hydrogen) atoms. The molecule has 3 nitrogen and oxygen atoms in total. The van der Waals surface area contributed by atoms with Crippen molar-refractivity contribution in [2.45, 2.75) is 16.9 Å². The highest BCUT2D eigenvalue weighted by molar-refractivity contribution is 8.00. The third-order valence-corrected chi connectivity index (χ3v) is 4.71. The average Bonchev–Trinajstić information content (AvgIpc) is 2.65. The molecule has 2 N–H and O–H groups in total. The van der Waals surface area contributed by atoms with Gasteiger partial charge in [-0.05, 0) is 30.7 Å². The van der Waals surface area contributed by atoms with Gasteiger partial charge in [-0.25, -0.2) is 9.37 Å². The summed E-state index contributed by atoms with van der Waals surface area (Å²) in [6.45, 7) is 1.88. The number of rotatable bonds is 3. The van der Waals surface area contributed by atoms with Gasteiger partial charge >= 0.3 is 0 Å². The first-order valence-corrected chi connectivity index (χ1v) is 6.94. The molecule has 2 rings (SSSR count). The van der Waals surface area contributed by atoms with Crippen LogP contribution in [-0.4, -0.2) is 4.98 Å². The van der Waals surface area contributed by atoms with Crippen molar-refractivity contribution in [1.82, 2.24) is 4.98 Å². The fraction of sp³-hybridized carbons (Fsp3) is 0.167. The van der Waals surface area contributed by atoms with Crippen molar-refractivity contribution in [3.63, 3.8) is 0 Å². The van der Waals surface area contributed by atoms with E-state index in [1.54, 1.807) is 0 Å². The Bertz CT molecular complexity index is 616. The Hall–Kier alpha value is -1.58. The second-order valence-corrected chi connectivity index (χ2v) is 5.90. The number of nitrogens with zero attached hydrogens (tertiary/aromatic N) is 2. The van der Waals surface area contributed by atoms with Gasteiger partial charge < -0.3 is 5.73 Å². The molecular formula is C12H10FN3S2. The lowest BCUT2D eigenvalue weighted by molar-refractivity contribution is 0.626. The molecule has 2 aromatic rings. The summed E-state index contributed by atoms with van der Waals surface area (Å²) in [5.74, 6) is 0.202. The number of thioether (sulfide) groups is 1. The van der Waals surface area contributed by atoms with Gasteiger partial charge in [0.05, 0.1) is 21.5 Å². The van der Waals surface area contributed by atoms with Crippen LogP contribution in [0.3, 0.4) is 0 Å². The van der Waals surface area contributed by atoms with Crippen molar-refractivity contribution < 1.29 is 4.39 Å². The van der Waals surface area contributed by atoms with Gasteiger partial charge in [0.15, 0.2) is 5.13 Å². The first-order chi connectivity index (χ1) is 8.60. The number of hydrogen-bond donors (Lipinski definition) is 1. The highest BCUT2D eigenvalue weighted by atomic mass is 32.2. The summed E-state index contributed by atoms with van der Waals surface area (Å²) in [5.41, 5.74) is 7.67. The SMILES string of the molecule is Cc1nc(N)sc1SCc1cc(F)ccc1C#N. The average molecular weight is 279 g/mol. The highest BCUT2D eigenvalue weighted by Crippen LogP contribution is 2.33. The second kappa shape index (κ2) is 5.38. The number of anilines is 1. The molecule has 1 heterocycles. The van der Waals surface area contributed by atoms with E-state index in [-0.39, 0.29) is 5.82 Å². The summed E-state index contributed by atoms with van der Waals surface area (Å²) in [5, 5.41) is 9.48. The zero-order valence-electron chi connectivity index (χ0n) is 9.61. The Morgan fingerprint density at radius 1 is 1.56 bits per heavy atom. The van der Waals surface area contributed by atoms with Crippen LogP contribution in [0.4, 0.5) is 9.52 Å². The number of nitriles is 1. The summed E-state index contributed by atoms with van der Waals surface area (Å²) in [6, 6.07) is 6.25. The predicted octanol–water partition coefficient (Wildman–Crippen LogP) is 3.34. The van der Waals surface area contributed by atoms with E-state index < -0.39 is 0 Å². The van der Waals surface area contributed by atoms with Gasteiger partial charge in [0, 0.05) is 5.75 Å². The molecule has 0 spiro atoms. The predicted molar refractivity (Wildman–Crippen MR) is 71.9 cm³/mol. The second-order valence-electron chi connectivity index (χ2n) is 3.63. The van der Waals surface area contributed by atoms with Gasteiger partial charge in [0.2, 0.25) is 0 Å². The normalized spacial score (nSPS) is 10.3. The summed E-state index contributed by atoms with van der Waals surface area (Å²) < 4.78 is 14.1. The van der Waals surface area contributed by atoms with Gasteiger partial charge in [0.25, 0.3) is 0 Å². The number of nitrogens with two attached hydrogens (primary N) is 1. The molecule has 0 aliphatic carbocycles. The minimum atomic E-state index is -0.329. The maximum Gasteiger partial charge on any atom is 0.181 e. The fourth-order valence-corrected chi connectivity index (χ4v) is 3.49. The standard InChI is InChI=1S/C12H10FN3S2/c1-7-11(18-12(15)16-7)17-6-9-4-10(13)3-2-8(9)5-14/h2-4H,6H2,1H3,(H2,15,16). The minimum absolute atomic E-state index is 0.329.